The van der Waals surface area contributed by atoms with Gasteiger partial charge in [-0.15, -0.1) is 0 Å². The molecule has 0 amide bonds. The van der Waals surface area contributed by atoms with Crippen molar-refractivity contribution in [2.24, 2.45) is 0 Å². The second-order valence-corrected chi connectivity index (χ2v) is 3.14. The van der Waals surface area contributed by atoms with Crippen LogP contribution in [0.5, 0.6) is 11.5 Å². The van der Waals surface area contributed by atoms with E-state index in [1.54, 1.807) is 18.2 Å². The van der Waals surface area contributed by atoms with E-state index in [4.69, 9.17) is 5.11 Å². The Kier molecular flexibility index (Phi) is 1.97. The van der Waals surface area contributed by atoms with Crippen LogP contribution in [0, 0.1) is 0 Å². The molecule has 2 aromatic rings. The third kappa shape index (κ3) is 1.36. The van der Waals surface area contributed by atoms with E-state index in [2.05, 4.69) is 0 Å². The fraction of sp³-hybridized carbons (Fsp3) is 0. The van der Waals surface area contributed by atoms with Crippen LogP contribution in [0.3, 0.4) is 0 Å². The third-order valence-corrected chi connectivity index (χ3v) is 2.22. The molecule has 3 N–H and O–H groups in total. The van der Waals surface area contributed by atoms with Gasteiger partial charge in [0.1, 0.15) is 17.1 Å². The Hall–Kier alpha value is -2.23. The van der Waals surface area contributed by atoms with Crippen molar-refractivity contribution >= 4 is 16.7 Å². The number of carboxylic acids is 1. The highest BCUT2D eigenvalue weighted by molar-refractivity contribution is 6.08. The Labute approximate surface area is 85.0 Å². The number of carbonyl (C=O) groups is 1. The topological polar surface area (TPSA) is 77.8 Å². The van der Waals surface area contributed by atoms with Crippen molar-refractivity contribution in [1.82, 2.24) is 0 Å². The minimum absolute atomic E-state index is 0.131. The Morgan fingerprint density at radius 3 is 2.20 bits per heavy atom. The van der Waals surface area contributed by atoms with E-state index in [-0.39, 0.29) is 11.3 Å². The molecule has 15 heavy (non-hydrogen) atoms. The fourth-order valence-corrected chi connectivity index (χ4v) is 1.57. The normalized spacial score (nSPS) is 10.4. The lowest BCUT2D eigenvalue weighted by Crippen LogP contribution is -1.98. The quantitative estimate of drug-likeness (QED) is 0.663. The maximum Gasteiger partial charge on any atom is 0.340 e. The lowest BCUT2D eigenvalue weighted by Gasteiger charge is -2.06. The lowest BCUT2D eigenvalue weighted by atomic mass is 10.0. The Balaban J connectivity index is 2.96. The molecular weight excluding hydrogens is 196 g/mol. The zero-order valence-electron chi connectivity index (χ0n) is 7.64. The maximum atomic E-state index is 10.9. The van der Waals surface area contributed by atoms with Gasteiger partial charge in [0.25, 0.3) is 0 Å². The van der Waals surface area contributed by atoms with Gasteiger partial charge in [0.05, 0.1) is 0 Å². The first-order valence-corrected chi connectivity index (χ1v) is 4.28. The first kappa shape index (κ1) is 9.33. The van der Waals surface area contributed by atoms with Crippen LogP contribution in [0.2, 0.25) is 0 Å². The summed E-state index contributed by atoms with van der Waals surface area (Å²) in [6.45, 7) is 0. The van der Waals surface area contributed by atoms with Crippen LogP contribution in [0.15, 0.2) is 30.3 Å². The molecule has 0 spiro atoms. The van der Waals surface area contributed by atoms with Gasteiger partial charge in [-0.25, -0.2) is 4.79 Å². The molecule has 4 nitrogen and oxygen atoms in total. The number of phenolic OH excluding ortho intramolecular Hbond substituents is 1. The lowest BCUT2D eigenvalue weighted by molar-refractivity contribution is 0.0696. The van der Waals surface area contributed by atoms with E-state index in [0.29, 0.717) is 10.8 Å². The molecular formula is C11H8O4. The molecule has 0 fully saturated rings. The fourth-order valence-electron chi connectivity index (χ4n) is 1.57. The molecule has 0 aliphatic heterocycles. The van der Waals surface area contributed by atoms with Crippen LogP contribution in [0.4, 0.5) is 0 Å². The molecule has 0 unspecified atom stereocenters. The molecule has 0 saturated carbocycles. The van der Waals surface area contributed by atoms with Crippen molar-refractivity contribution in [3.05, 3.63) is 35.9 Å². The maximum absolute atomic E-state index is 10.9. The van der Waals surface area contributed by atoms with Crippen molar-refractivity contribution in [3.8, 4) is 11.5 Å². The highest BCUT2D eigenvalue weighted by Crippen LogP contribution is 2.34. The van der Waals surface area contributed by atoms with Crippen LogP contribution < -0.4 is 0 Å². The monoisotopic (exact) mass is 204 g/mol. The Morgan fingerprint density at radius 1 is 1.00 bits per heavy atom. The van der Waals surface area contributed by atoms with E-state index in [1.807, 2.05) is 0 Å². The standard InChI is InChI=1S/C11H8O4/c12-8-5-9(13)10(11(14)15)7-4-2-1-3-6(7)8/h1-5,12-13H,(H,14,15). The number of phenols is 2. The number of carboxylic acid groups (broad SMARTS) is 1. The van der Waals surface area contributed by atoms with E-state index in [0.717, 1.165) is 6.07 Å². The minimum atomic E-state index is -1.22. The molecule has 0 atom stereocenters. The molecule has 0 aliphatic carbocycles. The largest absolute Gasteiger partial charge is 0.507 e. The molecule has 0 bridgehead atoms. The Morgan fingerprint density at radius 2 is 1.60 bits per heavy atom. The number of benzene rings is 2. The molecule has 0 radical (unpaired) electrons. The first-order chi connectivity index (χ1) is 7.11. The average molecular weight is 204 g/mol. The van der Waals surface area contributed by atoms with Gasteiger partial charge in [-0.05, 0) is 0 Å². The summed E-state index contributed by atoms with van der Waals surface area (Å²) in [5, 5.41) is 28.6. The number of hydrogen-bond donors (Lipinski definition) is 3. The summed E-state index contributed by atoms with van der Waals surface area (Å²) in [6.07, 6.45) is 0. The van der Waals surface area contributed by atoms with Gasteiger partial charge in [0, 0.05) is 16.8 Å². The number of rotatable bonds is 1. The number of aromatic hydroxyl groups is 2. The smallest absolute Gasteiger partial charge is 0.340 e. The summed E-state index contributed by atoms with van der Waals surface area (Å²) in [5.74, 6) is -1.78. The summed E-state index contributed by atoms with van der Waals surface area (Å²) in [4.78, 5) is 10.9. The molecule has 76 valence electrons. The third-order valence-electron chi connectivity index (χ3n) is 2.22. The number of aromatic carboxylic acids is 1. The van der Waals surface area contributed by atoms with Gasteiger partial charge in [-0.3, -0.25) is 0 Å². The second kappa shape index (κ2) is 3.16. The summed E-state index contributed by atoms with van der Waals surface area (Å²) >= 11 is 0. The highest BCUT2D eigenvalue weighted by Gasteiger charge is 2.16. The molecule has 0 aliphatic rings. The average Bonchev–Trinajstić information content (AvgIpc) is 2.17. The molecule has 4 heteroatoms. The van der Waals surface area contributed by atoms with Crippen molar-refractivity contribution in [3.63, 3.8) is 0 Å². The van der Waals surface area contributed by atoms with Crippen LogP contribution in [-0.2, 0) is 0 Å². The summed E-state index contributed by atoms with van der Waals surface area (Å²) in [7, 11) is 0. The zero-order valence-corrected chi connectivity index (χ0v) is 7.64. The van der Waals surface area contributed by atoms with Crippen LogP contribution in [-0.4, -0.2) is 21.3 Å². The first-order valence-electron chi connectivity index (χ1n) is 4.28. The van der Waals surface area contributed by atoms with E-state index < -0.39 is 11.7 Å². The van der Waals surface area contributed by atoms with Crippen molar-refractivity contribution in [2.75, 3.05) is 0 Å². The van der Waals surface area contributed by atoms with E-state index in [9.17, 15) is 15.0 Å². The summed E-state index contributed by atoms with van der Waals surface area (Å²) in [6, 6.07) is 7.50. The number of hydrogen-bond acceptors (Lipinski definition) is 3. The molecule has 2 rings (SSSR count). The van der Waals surface area contributed by atoms with Gasteiger partial charge >= 0.3 is 5.97 Å². The molecule has 2 aromatic carbocycles. The molecule has 0 saturated heterocycles. The Bertz CT molecular complexity index is 546. The predicted molar refractivity (Wildman–Crippen MR) is 54.2 cm³/mol. The van der Waals surface area contributed by atoms with Crippen LogP contribution in [0.1, 0.15) is 10.4 Å². The van der Waals surface area contributed by atoms with Crippen LogP contribution >= 0.6 is 0 Å². The summed E-state index contributed by atoms with van der Waals surface area (Å²) < 4.78 is 0. The van der Waals surface area contributed by atoms with Crippen molar-refractivity contribution in [1.29, 1.82) is 0 Å². The molecule has 0 heterocycles. The van der Waals surface area contributed by atoms with Gasteiger partial charge in [0.15, 0.2) is 0 Å². The summed E-state index contributed by atoms with van der Waals surface area (Å²) in [5.41, 5.74) is -0.191. The molecule has 0 aromatic heterocycles. The predicted octanol–water partition coefficient (Wildman–Crippen LogP) is 1.95. The SMILES string of the molecule is O=C(O)c1c(O)cc(O)c2ccccc12. The van der Waals surface area contributed by atoms with E-state index >= 15 is 0 Å². The van der Waals surface area contributed by atoms with Gasteiger partial charge in [0.2, 0.25) is 0 Å². The van der Waals surface area contributed by atoms with Crippen molar-refractivity contribution in [2.45, 2.75) is 0 Å². The van der Waals surface area contributed by atoms with Gasteiger partial charge in [-0.1, -0.05) is 24.3 Å². The highest BCUT2D eigenvalue weighted by atomic mass is 16.4. The second-order valence-electron chi connectivity index (χ2n) is 3.14. The van der Waals surface area contributed by atoms with Gasteiger partial charge < -0.3 is 15.3 Å². The zero-order chi connectivity index (χ0) is 11.0. The van der Waals surface area contributed by atoms with Crippen LogP contribution in [0.25, 0.3) is 10.8 Å². The van der Waals surface area contributed by atoms with Gasteiger partial charge in [-0.2, -0.15) is 0 Å². The number of fused-ring (bicyclic) bond motifs is 1. The minimum Gasteiger partial charge on any atom is -0.507 e. The van der Waals surface area contributed by atoms with E-state index in [1.165, 1.54) is 6.07 Å². The van der Waals surface area contributed by atoms with Crippen molar-refractivity contribution < 1.29 is 20.1 Å².